The Kier molecular flexibility index (Phi) is 3.44. The summed E-state index contributed by atoms with van der Waals surface area (Å²) >= 11 is 0. The molecule has 1 fully saturated rings. The summed E-state index contributed by atoms with van der Waals surface area (Å²) in [6, 6.07) is 2.19. The lowest BCUT2D eigenvalue weighted by molar-refractivity contribution is -0.0384. The Bertz CT molecular complexity index is 308. The molecule has 0 bridgehead atoms. The number of methoxy groups -OCH3 is 1. The van der Waals surface area contributed by atoms with Crippen LogP contribution in [0.1, 0.15) is 20.8 Å². The molecule has 5 nitrogen and oxygen atoms in total. The third-order valence-corrected chi connectivity index (χ3v) is 2.30. The first-order valence-corrected chi connectivity index (χ1v) is 5.20. The molecule has 16 heavy (non-hydrogen) atoms. The van der Waals surface area contributed by atoms with E-state index in [1.807, 2.05) is 20.8 Å². The van der Waals surface area contributed by atoms with E-state index in [-0.39, 0.29) is 6.09 Å². The van der Waals surface area contributed by atoms with E-state index in [0.29, 0.717) is 19.7 Å². The van der Waals surface area contributed by atoms with E-state index >= 15 is 0 Å². The Morgan fingerprint density at radius 2 is 2.06 bits per heavy atom. The number of hydrogen-bond acceptors (Lipinski definition) is 4. The van der Waals surface area contributed by atoms with Crippen molar-refractivity contribution in [2.24, 2.45) is 5.41 Å². The summed E-state index contributed by atoms with van der Waals surface area (Å²) in [6.45, 7) is 6.56. The molecule has 1 aliphatic heterocycles. The van der Waals surface area contributed by atoms with Crippen molar-refractivity contribution >= 4 is 6.09 Å². The summed E-state index contributed by atoms with van der Waals surface area (Å²) in [4.78, 5) is 13.1. The van der Waals surface area contributed by atoms with E-state index in [2.05, 4.69) is 6.07 Å². The molecule has 0 radical (unpaired) electrons. The zero-order valence-corrected chi connectivity index (χ0v) is 10.2. The van der Waals surface area contributed by atoms with Gasteiger partial charge in [-0.25, -0.2) is 4.79 Å². The van der Waals surface area contributed by atoms with Crippen molar-refractivity contribution < 1.29 is 14.3 Å². The number of hydrogen-bond donors (Lipinski definition) is 0. The smallest absolute Gasteiger partial charge is 0.410 e. The topological polar surface area (TPSA) is 62.6 Å². The fourth-order valence-corrected chi connectivity index (χ4v) is 1.61. The van der Waals surface area contributed by atoms with Crippen LogP contribution >= 0.6 is 0 Å². The minimum atomic E-state index is -0.550. The van der Waals surface area contributed by atoms with Crippen LogP contribution in [-0.2, 0) is 9.47 Å². The van der Waals surface area contributed by atoms with Crippen molar-refractivity contribution in [1.29, 1.82) is 5.26 Å². The molecule has 0 saturated carbocycles. The molecule has 1 saturated heterocycles. The van der Waals surface area contributed by atoms with Crippen molar-refractivity contribution in [1.82, 2.24) is 4.90 Å². The molecule has 0 unspecified atom stereocenters. The van der Waals surface area contributed by atoms with E-state index in [0.717, 1.165) is 0 Å². The van der Waals surface area contributed by atoms with Gasteiger partial charge in [0.15, 0.2) is 0 Å². The fraction of sp³-hybridized carbons (Fsp3) is 0.818. The summed E-state index contributed by atoms with van der Waals surface area (Å²) in [7, 11) is 1.55. The molecule has 5 heteroatoms. The van der Waals surface area contributed by atoms with Crippen molar-refractivity contribution in [3.63, 3.8) is 0 Å². The average molecular weight is 226 g/mol. The molecule has 0 aromatic heterocycles. The van der Waals surface area contributed by atoms with Crippen LogP contribution in [0.5, 0.6) is 0 Å². The van der Waals surface area contributed by atoms with Gasteiger partial charge in [0, 0.05) is 20.2 Å². The molecule has 0 N–H and O–H groups in total. The summed E-state index contributed by atoms with van der Waals surface area (Å²) in [6.07, 6.45) is -0.366. The molecule has 0 aliphatic carbocycles. The Morgan fingerprint density at radius 3 is 2.44 bits per heavy atom. The highest BCUT2D eigenvalue weighted by atomic mass is 16.6. The maximum Gasteiger partial charge on any atom is 0.410 e. The van der Waals surface area contributed by atoms with Crippen LogP contribution in [0.4, 0.5) is 4.79 Å². The maximum atomic E-state index is 11.6. The van der Waals surface area contributed by atoms with Gasteiger partial charge in [-0.2, -0.15) is 5.26 Å². The molecule has 90 valence electrons. The van der Waals surface area contributed by atoms with Crippen LogP contribution in [0, 0.1) is 16.7 Å². The van der Waals surface area contributed by atoms with Crippen LogP contribution in [-0.4, -0.2) is 43.4 Å². The van der Waals surface area contributed by atoms with Crippen molar-refractivity contribution in [2.75, 3.05) is 26.8 Å². The Hall–Kier alpha value is -1.28. The van der Waals surface area contributed by atoms with E-state index in [1.54, 1.807) is 7.11 Å². The Balaban J connectivity index is 2.46. The van der Waals surface area contributed by atoms with E-state index < -0.39 is 11.0 Å². The van der Waals surface area contributed by atoms with Gasteiger partial charge >= 0.3 is 6.09 Å². The minimum Gasteiger partial charge on any atom is -0.444 e. The highest BCUT2D eigenvalue weighted by molar-refractivity contribution is 5.69. The van der Waals surface area contributed by atoms with E-state index in [4.69, 9.17) is 14.7 Å². The van der Waals surface area contributed by atoms with Gasteiger partial charge < -0.3 is 14.4 Å². The first-order chi connectivity index (χ1) is 7.32. The number of likely N-dealkylation sites (tertiary alicyclic amines) is 1. The van der Waals surface area contributed by atoms with Crippen molar-refractivity contribution in [2.45, 2.75) is 26.4 Å². The second-order valence-corrected chi connectivity index (χ2v) is 5.16. The van der Waals surface area contributed by atoms with E-state index in [1.165, 1.54) is 4.90 Å². The molecular formula is C11H18N2O3. The predicted octanol–water partition coefficient (Wildman–Crippen LogP) is 1.39. The molecule has 1 rings (SSSR count). The number of carbonyl (C=O) groups excluding carboxylic acids is 1. The summed E-state index contributed by atoms with van der Waals surface area (Å²) in [5.74, 6) is 0. The number of carbonyl (C=O) groups is 1. The van der Waals surface area contributed by atoms with Gasteiger partial charge in [0.1, 0.15) is 11.0 Å². The number of amides is 1. The van der Waals surface area contributed by atoms with Gasteiger partial charge in [0.05, 0.1) is 12.7 Å². The largest absolute Gasteiger partial charge is 0.444 e. The van der Waals surface area contributed by atoms with Gasteiger partial charge in [-0.1, -0.05) is 0 Å². The van der Waals surface area contributed by atoms with Gasteiger partial charge in [0.2, 0.25) is 0 Å². The number of rotatable bonds is 2. The Labute approximate surface area is 95.9 Å². The van der Waals surface area contributed by atoms with Crippen molar-refractivity contribution in [3.05, 3.63) is 0 Å². The second kappa shape index (κ2) is 4.30. The van der Waals surface area contributed by atoms with Crippen LogP contribution in [0.25, 0.3) is 0 Å². The minimum absolute atomic E-state index is 0.350. The van der Waals surface area contributed by atoms with Crippen LogP contribution in [0.2, 0.25) is 0 Å². The zero-order chi connectivity index (χ0) is 12.4. The number of nitriles is 1. The highest BCUT2D eigenvalue weighted by Gasteiger charge is 2.47. The maximum absolute atomic E-state index is 11.6. The SMILES string of the molecule is COCC1(C#N)CN(C(=O)OC(C)(C)C)C1. The van der Waals surface area contributed by atoms with Crippen LogP contribution < -0.4 is 0 Å². The highest BCUT2D eigenvalue weighted by Crippen LogP contribution is 2.31. The zero-order valence-electron chi connectivity index (χ0n) is 10.2. The third kappa shape index (κ3) is 2.86. The second-order valence-electron chi connectivity index (χ2n) is 5.16. The molecular weight excluding hydrogens is 208 g/mol. The quantitative estimate of drug-likeness (QED) is 0.714. The Morgan fingerprint density at radius 1 is 1.50 bits per heavy atom. The van der Waals surface area contributed by atoms with Gasteiger partial charge in [-0.05, 0) is 20.8 Å². The lowest BCUT2D eigenvalue weighted by Gasteiger charge is -2.44. The third-order valence-electron chi connectivity index (χ3n) is 2.30. The van der Waals surface area contributed by atoms with Gasteiger partial charge in [-0.3, -0.25) is 0 Å². The lowest BCUT2D eigenvalue weighted by atomic mass is 9.82. The van der Waals surface area contributed by atoms with E-state index in [9.17, 15) is 4.79 Å². The molecule has 1 heterocycles. The van der Waals surface area contributed by atoms with Gasteiger partial charge in [0.25, 0.3) is 0 Å². The van der Waals surface area contributed by atoms with Crippen LogP contribution in [0.3, 0.4) is 0 Å². The first kappa shape index (κ1) is 12.8. The number of ether oxygens (including phenoxy) is 2. The standard InChI is InChI=1S/C11H18N2O3/c1-10(2,3)16-9(14)13-6-11(5-12,7-13)8-15-4/h6-8H2,1-4H3. The molecule has 1 amide bonds. The lowest BCUT2D eigenvalue weighted by Crippen LogP contribution is -2.60. The fourth-order valence-electron chi connectivity index (χ4n) is 1.61. The molecule has 1 aliphatic rings. The molecule has 0 aromatic carbocycles. The molecule has 0 atom stereocenters. The molecule has 0 aromatic rings. The predicted molar refractivity (Wildman–Crippen MR) is 57.7 cm³/mol. The normalized spacial score (nSPS) is 18.6. The molecule has 0 spiro atoms. The average Bonchev–Trinajstić information content (AvgIpc) is 2.07. The monoisotopic (exact) mass is 226 g/mol. The van der Waals surface area contributed by atoms with Gasteiger partial charge in [-0.15, -0.1) is 0 Å². The number of nitrogens with zero attached hydrogens (tertiary/aromatic N) is 2. The summed E-state index contributed by atoms with van der Waals surface area (Å²) in [5, 5.41) is 8.99. The van der Waals surface area contributed by atoms with Crippen LogP contribution in [0.15, 0.2) is 0 Å². The summed E-state index contributed by atoms with van der Waals surface area (Å²) in [5.41, 5.74) is -1.05. The first-order valence-electron chi connectivity index (χ1n) is 5.20. The van der Waals surface area contributed by atoms with Crippen molar-refractivity contribution in [3.8, 4) is 6.07 Å². The summed E-state index contributed by atoms with van der Waals surface area (Å²) < 4.78 is 10.2.